The average Bonchev–Trinajstić information content (AvgIpc) is 2.27. The van der Waals surface area contributed by atoms with E-state index in [1.165, 1.54) is 0 Å². The van der Waals surface area contributed by atoms with E-state index >= 15 is 0 Å². The molecule has 0 spiro atoms. The van der Waals surface area contributed by atoms with Gasteiger partial charge in [0, 0.05) is 16.6 Å². The molecule has 106 valence electrons. The molecular weight excluding hydrogens is 330 g/mol. The van der Waals surface area contributed by atoms with Crippen LogP contribution < -0.4 is 5.32 Å². The minimum Gasteiger partial charge on any atom is -0.391 e. The number of nitrogens with one attached hydrogen (secondary N) is 1. The molecule has 0 radical (unpaired) electrons. The molecule has 1 unspecified atom stereocenters. The quantitative estimate of drug-likeness (QED) is 0.873. The number of halogens is 2. The minimum atomic E-state index is -0.542. The number of rotatable bonds is 4. The molecule has 1 rings (SSSR count). The summed E-state index contributed by atoms with van der Waals surface area (Å²) in [5, 5.41) is 13.1. The fourth-order valence-electron chi connectivity index (χ4n) is 1.73. The van der Waals surface area contributed by atoms with Crippen LogP contribution >= 0.6 is 27.5 Å². The molecule has 0 aliphatic heterocycles. The molecule has 1 aromatic carbocycles. The van der Waals surface area contributed by atoms with Crippen molar-refractivity contribution in [3.05, 3.63) is 33.3 Å². The van der Waals surface area contributed by atoms with E-state index in [4.69, 9.17) is 11.6 Å². The number of carbonyl (C=O) groups is 1. The van der Waals surface area contributed by atoms with Gasteiger partial charge in [0.25, 0.3) is 5.91 Å². The van der Waals surface area contributed by atoms with Gasteiger partial charge in [0.1, 0.15) is 0 Å². The zero-order chi connectivity index (χ0) is 14.6. The summed E-state index contributed by atoms with van der Waals surface area (Å²) in [5.41, 5.74) is 0.548. The highest BCUT2D eigenvalue weighted by Gasteiger charge is 2.17. The van der Waals surface area contributed by atoms with Crippen molar-refractivity contribution in [1.82, 2.24) is 5.32 Å². The Morgan fingerprint density at radius 1 is 1.47 bits per heavy atom. The maximum absolute atomic E-state index is 11.9. The topological polar surface area (TPSA) is 49.3 Å². The fraction of sp³-hybridized carbons (Fsp3) is 0.500. The van der Waals surface area contributed by atoms with E-state index in [1.54, 1.807) is 18.2 Å². The normalized spacial score (nSPS) is 13.2. The largest absolute Gasteiger partial charge is 0.391 e. The van der Waals surface area contributed by atoms with E-state index in [1.807, 2.05) is 20.8 Å². The Labute approximate surface area is 127 Å². The fourth-order valence-corrected chi connectivity index (χ4v) is 2.23. The van der Waals surface area contributed by atoms with E-state index in [0.717, 1.165) is 0 Å². The van der Waals surface area contributed by atoms with Crippen LogP contribution in [0.25, 0.3) is 0 Å². The molecule has 19 heavy (non-hydrogen) atoms. The van der Waals surface area contributed by atoms with Gasteiger partial charge in [-0.05, 0) is 46.0 Å². The van der Waals surface area contributed by atoms with Gasteiger partial charge in [-0.15, -0.1) is 0 Å². The first-order valence-electron chi connectivity index (χ1n) is 6.10. The second-order valence-corrected chi connectivity index (χ2v) is 7.02. The van der Waals surface area contributed by atoms with Crippen molar-refractivity contribution in [1.29, 1.82) is 0 Å². The standard InChI is InChI=1S/C14H19BrClNO2/c1-14(2,3)7-10(18)8-17-13(19)9-4-5-12(16)11(15)6-9/h4-6,10,18H,7-8H2,1-3H3,(H,17,19). The second-order valence-electron chi connectivity index (χ2n) is 5.76. The van der Waals surface area contributed by atoms with Gasteiger partial charge < -0.3 is 10.4 Å². The van der Waals surface area contributed by atoms with E-state index in [0.29, 0.717) is 21.5 Å². The first-order valence-corrected chi connectivity index (χ1v) is 7.27. The molecule has 0 aromatic heterocycles. The first kappa shape index (κ1) is 16.5. The summed E-state index contributed by atoms with van der Waals surface area (Å²) in [5.74, 6) is -0.217. The number of carbonyl (C=O) groups excluding carboxylic acids is 1. The summed E-state index contributed by atoms with van der Waals surface area (Å²) in [6.45, 7) is 6.40. The lowest BCUT2D eigenvalue weighted by molar-refractivity contribution is 0.0868. The maximum atomic E-state index is 11.9. The van der Waals surface area contributed by atoms with Crippen molar-refractivity contribution in [3.8, 4) is 0 Å². The van der Waals surface area contributed by atoms with Crippen LogP contribution in [0.1, 0.15) is 37.6 Å². The van der Waals surface area contributed by atoms with Crippen LogP contribution in [0.2, 0.25) is 5.02 Å². The molecule has 0 aliphatic rings. The van der Waals surface area contributed by atoms with E-state index in [9.17, 15) is 9.90 Å². The van der Waals surface area contributed by atoms with Crippen LogP contribution in [0, 0.1) is 5.41 Å². The zero-order valence-corrected chi connectivity index (χ0v) is 13.7. The summed E-state index contributed by atoms with van der Waals surface area (Å²) in [4.78, 5) is 11.9. The second kappa shape index (κ2) is 6.73. The highest BCUT2D eigenvalue weighted by Crippen LogP contribution is 2.23. The summed E-state index contributed by atoms with van der Waals surface area (Å²) in [7, 11) is 0. The molecule has 0 saturated heterocycles. The third-order valence-corrected chi connectivity index (χ3v) is 3.74. The molecule has 1 amide bonds. The Hall–Kier alpha value is -0.580. The first-order chi connectivity index (χ1) is 8.69. The monoisotopic (exact) mass is 347 g/mol. The Morgan fingerprint density at radius 3 is 2.63 bits per heavy atom. The smallest absolute Gasteiger partial charge is 0.251 e. The number of aliphatic hydroxyl groups is 1. The zero-order valence-electron chi connectivity index (χ0n) is 11.3. The number of benzene rings is 1. The molecule has 0 aliphatic carbocycles. The molecule has 1 aromatic rings. The molecule has 1 atom stereocenters. The average molecular weight is 349 g/mol. The van der Waals surface area contributed by atoms with Gasteiger partial charge in [0.05, 0.1) is 11.1 Å². The van der Waals surface area contributed by atoms with Crippen molar-refractivity contribution in [2.75, 3.05) is 6.54 Å². The van der Waals surface area contributed by atoms with Gasteiger partial charge in [0.15, 0.2) is 0 Å². The molecule has 0 fully saturated rings. The molecular formula is C14H19BrClNO2. The number of hydrogen-bond donors (Lipinski definition) is 2. The number of aliphatic hydroxyl groups excluding tert-OH is 1. The summed E-state index contributed by atoms with van der Waals surface area (Å²) in [6, 6.07) is 4.97. The van der Waals surface area contributed by atoms with Gasteiger partial charge in [-0.25, -0.2) is 0 Å². The maximum Gasteiger partial charge on any atom is 0.251 e. The predicted molar refractivity (Wildman–Crippen MR) is 81.6 cm³/mol. The molecule has 0 heterocycles. The highest BCUT2D eigenvalue weighted by atomic mass is 79.9. The molecule has 5 heteroatoms. The highest BCUT2D eigenvalue weighted by molar-refractivity contribution is 9.10. The Bertz CT molecular complexity index is 457. The van der Waals surface area contributed by atoms with Crippen LogP contribution in [0.5, 0.6) is 0 Å². The SMILES string of the molecule is CC(C)(C)CC(O)CNC(=O)c1ccc(Cl)c(Br)c1. The Balaban J connectivity index is 2.53. The van der Waals surface area contributed by atoms with Crippen molar-refractivity contribution < 1.29 is 9.90 Å². The number of hydrogen-bond acceptors (Lipinski definition) is 2. The van der Waals surface area contributed by atoms with E-state index < -0.39 is 6.10 Å². The van der Waals surface area contributed by atoms with Crippen LogP contribution in [0.4, 0.5) is 0 Å². The summed E-state index contributed by atoms with van der Waals surface area (Å²) < 4.78 is 0.678. The van der Waals surface area contributed by atoms with E-state index in [2.05, 4.69) is 21.2 Å². The van der Waals surface area contributed by atoms with Crippen LogP contribution in [-0.2, 0) is 0 Å². The number of amides is 1. The van der Waals surface area contributed by atoms with Crippen molar-refractivity contribution >= 4 is 33.4 Å². The Kier molecular flexibility index (Phi) is 5.83. The van der Waals surface area contributed by atoms with Gasteiger partial charge in [-0.2, -0.15) is 0 Å². The molecule has 0 saturated carbocycles. The van der Waals surface area contributed by atoms with Crippen LogP contribution in [0.15, 0.2) is 22.7 Å². The van der Waals surface area contributed by atoms with Gasteiger partial charge in [0.2, 0.25) is 0 Å². The van der Waals surface area contributed by atoms with Gasteiger partial charge in [-0.3, -0.25) is 4.79 Å². The lowest BCUT2D eigenvalue weighted by atomic mass is 9.89. The molecule has 2 N–H and O–H groups in total. The van der Waals surface area contributed by atoms with Crippen molar-refractivity contribution in [2.24, 2.45) is 5.41 Å². The van der Waals surface area contributed by atoms with Crippen LogP contribution in [-0.4, -0.2) is 23.7 Å². The van der Waals surface area contributed by atoms with Crippen molar-refractivity contribution in [2.45, 2.75) is 33.3 Å². The van der Waals surface area contributed by atoms with Gasteiger partial charge >= 0.3 is 0 Å². The van der Waals surface area contributed by atoms with Gasteiger partial charge in [-0.1, -0.05) is 32.4 Å². The van der Waals surface area contributed by atoms with E-state index in [-0.39, 0.29) is 17.9 Å². The lowest BCUT2D eigenvalue weighted by Crippen LogP contribution is -2.34. The predicted octanol–water partition coefficient (Wildman–Crippen LogP) is 3.63. The minimum absolute atomic E-state index is 0.0352. The lowest BCUT2D eigenvalue weighted by Gasteiger charge is -2.22. The molecule has 3 nitrogen and oxygen atoms in total. The summed E-state index contributed by atoms with van der Waals surface area (Å²) in [6.07, 6.45) is 0.0945. The summed E-state index contributed by atoms with van der Waals surface area (Å²) >= 11 is 9.14. The van der Waals surface area contributed by atoms with Crippen molar-refractivity contribution in [3.63, 3.8) is 0 Å². The molecule has 0 bridgehead atoms. The third kappa shape index (κ3) is 5.93. The third-order valence-electron chi connectivity index (χ3n) is 2.53. The Morgan fingerprint density at radius 2 is 2.11 bits per heavy atom. The van der Waals surface area contributed by atoms with Crippen LogP contribution in [0.3, 0.4) is 0 Å².